The summed E-state index contributed by atoms with van der Waals surface area (Å²) in [6.45, 7) is 1.45. The highest BCUT2D eigenvalue weighted by Crippen LogP contribution is 2.48. The summed E-state index contributed by atoms with van der Waals surface area (Å²) in [4.78, 5) is 12.8. The van der Waals surface area contributed by atoms with E-state index in [9.17, 15) is 9.00 Å². The van der Waals surface area contributed by atoms with Crippen molar-refractivity contribution in [1.29, 1.82) is 0 Å². The molecule has 2 bridgehead atoms. The largest absolute Gasteiger partial charge is 0.493 e. The number of hydrogen-bond acceptors (Lipinski definition) is 4. The van der Waals surface area contributed by atoms with E-state index >= 15 is 0 Å². The molecule has 1 atom stereocenters. The Morgan fingerprint density at radius 1 is 1.28 bits per heavy atom. The molecule has 0 heterocycles. The third-order valence-corrected chi connectivity index (χ3v) is 7.73. The molecule has 0 radical (unpaired) electrons. The van der Waals surface area contributed by atoms with Crippen LogP contribution in [0.5, 0.6) is 5.75 Å². The fraction of sp³-hybridized carbons (Fsp3) is 0.682. The first kappa shape index (κ1) is 24.2. The molecule has 2 aliphatic rings. The second kappa shape index (κ2) is 11.3. The molecule has 2 aliphatic carbocycles. The van der Waals surface area contributed by atoms with Gasteiger partial charge in [0.2, 0.25) is 0 Å². The Bertz CT molecular complexity index is 703. The average molecular weight is 443 g/mol. The molecule has 0 aromatic heterocycles. The maximum absolute atomic E-state index is 12.8. The minimum atomic E-state index is -0.977. The smallest absolute Gasteiger partial charge is 0.252 e. The molecule has 2 saturated carbocycles. The van der Waals surface area contributed by atoms with Crippen molar-refractivity contribution in [3.63, 3.8) is 0 Å². The maximum Gasteiger partial charge on any atom is 0.252 e. The number of carbonyl (C=O) groups is 1. The SMILES string of the molecule is C.NCCS(=O)CCOc1ccc(Cl)c(C(=O)NCC23CCCC(CCC2)C3)c1. The predicted molar refractivity (Wildman–Crippen MR) is 121 cm³/mol. The molecule has 1 aromatic rings. The number of fused-ring (bicyclic) bond motifs is 2. The Morgan fingerprint density at radius 3 is 2.69 bits per heavy atom. The van der Waals surface area contributed by atoms with Crippen LogP contribution in [0.1, 0.15) is 62.7 Å². The second-order valence-electron chi connectivity index (χ2n) is 8.16. The first-order chi connectivity index (χ1) is 13.5. The number of ether oxygens (including phenoxy) is 1. The molecule has 7 heteroatoms. The molecule has 2 fully saturated rings. The molecule has 5 nitrogen and oxygen atoms in total. The zero-order valence-corrected chi connectivity index (χ0v) is 18.0. The molecule has 3 N–H and O–H groups in total. The van der Waals surface area contributed by atoms with Crippen LogP contribution in [0.3, 0.4) is 0 Å². The monoisotopic (exact) mass is 442 g/mol. The average Bonchev–Trinajstić information content (AvgIpc) is 2.68. The van der Waals surface area contributed by atoms with E-state index in [2.05, 4.69) is 5.32 Å². The van der Waals surface area contributed by atoms with E-state index in [0.29, 0.717) is 41.0 Å². The topological polar surface area (TPSA) is 81.4 Å². The number of hydrogen-bond donors (Lipinski definition) is 2. The zero-order valence-electron chi connectivity index (χ0n) is 16.4. The van der Waals surface area contributed by atoms with Crippen LogP contribution in [0.15, 0.2) is 18.2 Å². The Hall–Kier alpha value is -1.11. The minimum Gasteiger partial charge on any atom is -0.493 e. The van der Waals surface area contributed by atoms with Crippen molar-refractivity contribution in [2.75, 3.05) is 31.2 Å². The summed E-state index contributed by atoms with van der Waals surface area (Å²) in [6, 6.07) is 5.08. The van der Waals surface area contributed by atoms with Crippen molar-refractivity contribution in [3.05, 3.63) is 28.8 Å². The van der Waals surface area contributed by atoms with Gasteiger partial charge in [0.1, 0.15) is 5.75 Å². The lowest BCUT2D eigenvalue weighted by Crippen LogP contribution is -2.43. The van der Waals surface area contributed by atoms with Gasteiger partial charge >= 0.3 is 0 Å². The Labute approximate surface area is 182 Å². The fourth-order valence-electron chi connectivity index (χ4n) is 4.69. The lowest BCUT2D eigenvalue weighted by Gasteiger charge is -2.45. The van der Waals surface area contributed by atoms with Gasteiger partial charge in [-0.3, -0.25) is 9.00 Å². The van der Waals surface area contributed by atoms with Gasteiger partial charge in [0.25, 0.3) is 5.91 Å². The van der Waals surface area contributed by atoms with Crippen LogP contribution in [-0.2, 0) is 10.8 Å². The Balaban J connectivity index is 0.00000300. The highest BCUT2D eigenvalue weighted by Gasteiger charge is 2.39. The molecule has 1 unspecified atom stereocenters. The summed E-state index contributed by atoms with van der Waals surface area (Å²) < 4.78 is 17.3. The first-order valence-electron chi connectivity index (χ1n) is 10.3. The molecule has 1 amide bonds. The summed E-state index contributed by atoms with van der Waals surface area (Å²) in [6.07, 6.45) is 8.89. The van der Waals surface area contributed by atoms with Crippen molar-refractivity contribution in [2.24, 2.45) is 17.1 Å². The standard InChI is InChI=1S/C21H31ClN2O3S.CH4/c22-19-6-5-17(27-10-12-28(26)11-9-23)13-18(19)20(25)24-15-21-7-1-3-16(14-21)4-2-8-21;/h5-6,13,16H,1-4,7-12,14-15,23H2,(H,24,25);1H4. The molecule has 0 spiro atoms. The predicted octanol–water partition coefficient (Wildman–Crippen LogP) is 4.15. The molecule has 1 aromatic carbocycles. The third-order valence-electron chi connectivity index (χ3n) is 6.09. The van der Waals surface area contributed by atoms with Gasteiger partial charge in [-0.25, -0.2) is 0 Å². The lowest BCUT2D eigenvalue weighted by molar-refractivity contribution is 0.0681. The van der Waals surface area contributed by atoms with Gasteiger partial charge < -0.3 is 15.8 Å². The number of rotatable bonds is 9. The number of nitrogens with one attached hydrogen (secondary N) is 1. The summed E-state index contributed by atoms with van der Waals surface area (Å²) in [5, 5.41) is 3.55. The van der Waals surface area contributed by atoms with E-state index in [-0.39, 0.29) is 18.7 Å². The van der Waals surface area contributed by atoms with Gasteiger partial charge in [0.15, 0.2) is 0 Å². The summed E-state index contributed by atoms with van der Waals surface area (Å²) >= 11 is 6.26. The van der Waals surface area contributed by atoms with Gasteiger partial charge in [-0.05, 0) is 48.8 Å². The third kappa shape index (κ3) is 6.69. The van der Waals surface area contributed by atoms with E-state index in [1.807, 2.05) is 0 Å². The van der Waals surface area contributed by atoms with Crippen LogP contribution >= 0.6 is 11.6 Å². The zero-order chi connectivity index (χ0) is 20.0. The van der Waals surface area contributed by atoms with Gasteiger partial charge in [-0.15, -0.1) is 0 Å². The van der Waals surface area contributed by atoms with Crippen molar-refractivity contribution >= 4 is 28.3 Å². The van der Waals surface area contributed by atoms with E-state index < -0.39 is 10.8 Å². The van der Waals surface area contributed by atoms with E-state index in [0.717, 1.165) is 12.5 Å². The molecule has 0 aliphatic heterocycles. The molecule has 164 valence electrons. The van der Waals surface area contributed by atoms with Gasteiger partial charge in [-0.1, -0.05) is 44.7 Å². The Kier molecular flexibility index (Phi) is 9.44. The maximum atomic E-state index is 12.8. The van der Waals surface area contributed by atoms with E-state index in [1.54, 1.807) is 18.2 Å². The van der Waals surface area contributed by atoms with Gasteiger partial charge in [-0.2, -0.15) is 0 Å². The number of nitrogens with two attached hydrogens (primary N) is 1. The highest BCUT2D eigenvalue weighted by atomic mass is 35.5. The second-order valence-corrected chi connectivity index (χ2v) is 10.3. The number of benzene rings is 1. The van der Waals surface area contributed by atoms with Crippen molar-refractivity contribution in [1.82, 2.24) is 5.32 Å². The lowest BCUT2D eigenvalue weighted by atomic mass is 9.62. The highest BCUT2D eigenvalue weighted by molar-refractivity contribution is 7.85. The molecule has 0 saturated heterocycles. The van der Waals surface area contributed by atoms with E-state index in [1.165, 1.54) is 44.9 Å². The van der Waals surface area contributed by atoms with Crippen LogP contribution in [0.25, 0.3) is 0 Å². The quantitative estimate of drug-likeness (QED) is 0.601. The van der Waals surface area contributed by atoms with Crippen molar-refractivity contribution < 1.29 is 13.7 Å². The van der Waals surface area contributed by atoms with Gasteiger partial charge in [0.05, 0.1) is 22.9 Å². The summed E-state index contributed by atoms with van der Waals surface area (Å²) in [5.41, 5.74) is 6.10. The van der Waals surface area contributed by atoms with Crippen molar-refractivity contribution in [2.45, 2.75) is 52.4 Å². The van der Waals surface area contributed by atoms with Crippen molar-refractivity contribution in [3.8, 4) is 5.75 Å². The first-order valence-corrected chi connectivity index (χ1v) is 12.1. The number of amides is 1. The number of halogens is 1. The van der Waals surface area contributed by atoms with Gasteiger partial charge in [0, 0.05) is 29.6 Å². The summed E-state index contributed by atoms with van der Waals surface area (Å²) in [7, 11) is -0.977. The molecule has 29 heavy (non-hydrogen) atoms. The van der Waals surface area contributed by atoms with Crippen LogP contribution in [0.2, 0.25) is 5.02 Å². The van der Waals surface area contributed by atoms with Crippen LogP contribution in [-0.4, -0.2) is 41.3 Å². The molecular weight excluding hydrogens is 408 g/mol. The van der Waals surface area contributed by atoms with Crippen LogP contribution in [0.4, 0.5) is 0 Å². The molecular formula is C22H35ClN2O3S. The Morgan fingerprint density at radius 2 is 2.00 bits per heavy atom. The van der Waals surface area contributed by atoms with E-state index in [4.69, 9.17) is 22.1 Å². The normalized spacial score (nSPS) is 24.3. The summed E-state index contributed by atoms with van der Waals surface area (Å²) in [5.74, 6) is 2.15. The van der Waals surface area contributed by atoms with Crippen LogP contribution < -0.4 is 15.8 Å². The fourth-order valence-corrected chi connectivity index (χ4v) is 5.63. The minimum absolute atomic E-state index is 0. The van der Waals surface area contributed by atoms with Crippen LogP contribution in [0, 0.1) is 11.3 Å². The molecule has 3 rings (SSSR count). The number of carbonyl (C=O) groups excluding carboxylic acids is 1.